The number of carbonyl (C=O) groups is 1. The van der Waals surface area contributed by atoms with E-state index in [2.05, 4.69) is 20.4 Å². The monoisotopic (exact) mass is 300 g/mol. The number of hydrogen-bond acceptors (Lipinski definition) is 6. The highest BCUT2D eigenvalue weighted by atomic mass is 32.1. The highest BCUT2D eigenvalue weighted by Gasteiger charge is 2.18. The molecule has 0 aliphatic heterocycles. The maximum atomic E-state index is 12.0. The summed E-state index contributed by atoms with van der Waals surface area (Å²) in [5.41, 5.74) is 0.629. The predicted octanol–water partition coefficient (Wildman–Crippen LogP) is 2.68. The van der Waals surface area contributed by atoms with Gasteiger partial charge in [-0.2, -0.15) is 4.98 Å². The van der Waals surface area contributed by atoms with E-state index in [0.717, 1.165) is 0 Å². The SMILES string of the molecule is CC(NC(=O)c1cccs1)c1nc(-c2ccccn2)no1. The van der Waals surface area contributed by atoms with E-state index in [1.54, 1.807) is 25.3 Å². The van der Waals surface area contributed by atoms with Crippen molar-refractivity contribution in [1.29, 1.82) is 0 Å². The third-order valence-corrected chi connectivity index (χ3v) is 3.67. The van der Waals surface area contributed by atoms with E-state index in [4.69, 9.17) is 4.52 Å². The summed E-state index contributed by atoms with van der Waals surface area (Å²) in [7, 11) is 0. The number of carbonyl (C=O) groups excluding carboxylic acids is 1. The van der Waals surface area contributed by atoms with Crippen LogP contribution >= 0.6 is 11.3 Å². The van der Waals surface area contributed by atoms with Gasteiger partial charge in [-0.15, -0.1) is 11.3 Å². The van der Waals surface area contributed by atoms with E-state index < -0.39 is 0 Å². The minimum absolute atomic E-state index is 0.157. The highest BCUT2D eigenvalue weighted by molar-refractivity contribution is 7.12. The summed E-state index contributed by atoms with van der Waals surface area (Å²) >= 11 is 1.38. The third-order valence-electron chi connectivity index (χ3n) is 2.80. The van der Waals surface area contributed by atoms with Gasteiger partial charge in [0.05, 0.1) is 4.88 Å². The molecule has 3 aromatic rings. The largest absolute Gasteiger partial charge is 0.340 e. The Labute approximate surface area is 124 Å². The summed E-state index contributed by atoms with van der Waals surface area (Å²) in [6, 6.07) is 8.68. The van der Waals surface area contributed by atoms with Gasteiger partial charge in [-0.3, -0.25) is 9.78 Å². The summed E-state index contributed by atoms with van der Waals surface area (Å²) in [4.78, 5) is 21.0. The molecule has 1 N–H and O–H groups in total. The molecule has 0 saturated carbocycles. The first kappa shape index (κ1) is 13.4. The maximum Gasteiger partial charge on any atom is 0.261 e. The normalized spacial score (nSPS) is 12.0. The molecule has 1 amide bonds. The summed E-state index contributed by atoms with van der Waals surface area (Å²) in [6.45, 7) is 1.79. The van der Waals surface area contributed by atoms with Crippen molar-refractivity contribution in [3.8, 4) is 11.5 Å². The van der Waals surface area contributed by atoms with Crippen molar-refractivity contribution in [2.24, 2.45) is 0 Å². The Morgan fingerprint density at radius 1 is 1.33 bits per heavy atom. The molecule has 7 heteroatoms. The van der Waals surface area contributed by atoms with Gasteiger partial charge in [0.1, 0.15) is 11.7 Å². The molecule has 1 atom stereocenters. The van der Waals surface area contributed by atoms with Gasteiger partial charge in [0.2, 0.25) is 11.7 Å². The van der Waals surface area contributed by atoms with Crippen LogP contribution < -0.4 is 5.32 Å². The maximum absolute atomic E-state index is 12.0. The lowest BCUT2D eigenvalue weighted by molar-refractivity contribution is 0.0936. The van der Waals surface area contributed by atoms with Gasteiger partial charge in [0.25, 0.3) is 5.91 Å². The van der Waals surface area contributed by atoms with Crippen LogP contribution in [0.2, 0.25) is 0 Å². The van der Waals surface area contributed by atoms with Gasteiger partial charge >= 0.3 is 0 Å². The first-order chi connectivity index (χ1) is 10.2. The Morgan fingerprint density at radius 2 is 2.24 bits per heavy atom. The lowest BCUT2D eigenvalue weighted by atomic mass is 10.3. The van der Waals surface area contributed by atoms with E-state index >= 15 is 0 Å². The van der Waals surface area contributed by atoms with Gasteiger partial charge in [-0.05, 0) is 30.5 Å². The lowest BCUT2D eigenvalue weighted by Gasteiger charge is -2.07. The molecule has 0 radical (unpaired) electrons. The molecule has 1 unspecified atom stereocenters. The number of rotatable bonds is 4. The van der Waals surface area contributed by atoms with Crippen LogP contribution in [0.3, 0.4) is 0 Å². The average Bonchev–Trinajstić information content (AvgIpc) is 3.20. The van der Waals surface area contributed by atoms with E-state index in [9.17, 15) is 4.79 Å². The minimum Gasteiger partial charge on any atom is -0.340 e. The van der Waals surface area contributed by atoms with Crippen LogP contribution in [-0.4, -0.2) is 21.0 Å². The Kier molecular flexibility index (Phi) is 3.74. The Morgan fingerprint density at radius 3 is 2.95 bits per heavy atom. The predicted molar refractivity (Wildman–Crippen MR) is 77.7 cm³/mol. The number of pyridine rings is 1. The molecule has 0 aromatic carbocycles. The molecule has 6 nitrogen and oxygen atoms in total. The number of thiophene rings is 1. The molecule has 0 aliphatic rings. The summed E-state index contributed by atoms with van der Waals surface area (Å²) < 4.78 is 5.19. The van der Waals surface area contributed by atoms with Crippen LogP contribution in [0, 0.1) is 0 Å². The van der Waals surface area contributed by atoms with Crippen molar-refractivity contribution in [3.63, 3.8) is 0 Å². The van der Waals surface area contributed by atoms with Crippen LogP contribution in [0.25, 0.3) is 11.5 Å². The lowest BCUT2D eigenvalue weighted by Crippen LogP contribution is -2.26. The Bertz CT molecular complexity index is 725. The smallest absolute Gasteiger partial charge is 0.261 e. The number of amides is 1. The second-order valence-electron chi connectivity index (χ2n) is 4.34. The zero-order chi connectivity index (χ0) is 14.7. The molecule has 0 saturated heterocycles. The van der Waals surface area contributed by atoms with Crippen LogP contribution in [0.4, 0.5) is 0 Å². The van der Waals surface area contributed by atoms with Gasteiger partial charge in [0, 0.05) is 6.20 Å². The second-order valence-corrected chi connectivity index (χ2v) is 5.29. The van der Waals surface area contributed by atoms with Gasteiger partial charge in [-0.1, -0.05) is 17.3 Å². The summed E-state index contributed by atoms with van der Waals surface area (Å²) in [6.07, 6.45) is 1.66. The molecular formula is C14H12N4O2S. The van der Waals surface area contributed by atoms with E-state index in [1.165, 1.54) is 11.3 Å². The first-order valence-electron chi connectivity index (χ1n) is 6.33. The topological polar surface area (TPSA) is 80.9 Å². The van der Waals surface area contributed by atoms with Crippen molar-refractivity contribution >= 4 is 17.2 Å². The van der Waals surface area contributed by atoms with Crippen LogP contribution in [0.1, 0.15) is 28.5 Å². The molecule has 3 aromatic heterocycles. The van der Waals surface area contributed by atoms with Crippen molar-refractivity contribution in [2.75, 3.05) is 0 Å². The minimum atomic E-state index is -0.371. The van der Waals surface area contributed by atoms with Crippen LogP contribution in [-0.2, 0) is 0 Å². The molecular weight excluding hydrogens is 288 g/mol. The Balaban J connectivity index is 1.73. The van der Waals surface area contributed by atoms with Crippen molar-refractivity contribution in [1.82, 2.24) is 20.4 Å². The first-order valence-corrected chi connectivity index (χ1v) is 7.21. The summed E-state index contributed by atoms with van der Waals surface area (Å²) in [5.74, 6) is 0.596. The molecule has 21 heavy (non-hydrogen) atoms. The zero-order valence-corrected chi connectivity index (χ0v) is 12.0. The van der Waals surface area contributed by atoms with Gasteiger partial charge in [-0.25, -0.2) is 0 Å². The van der Waals surface area contributed by atoms with Crippen molar-refractivity contribution in [3.05, 3.63) is 52.7 Å². The van der Waals surface area contributed by atoms with E-state index in [-0.39, 0.29) is 11.9 Å². The molecule has 3 heterocycles. The molecule has 3 rings (SSSR count). The fraction of sp³-hybridized carbons (Fsp3) is 0.143. The van der Waals surface area contributed by atoms with Gasteiger partial charge < -0.3 is 9.84 Å². The average molecular weight is 300 g/mol. The number of nitrogens with one attached hydrogen (secondary N) is 1. The summed E-state index contributed by atoms with van der Waals surface area (Å²) in [5, 5.41) is 8.55. The number of nitrogens with zero attached hydrogens (tertiary/aromatic N) is 3. The quantitative estimate of drug-likeness (QED) is 0.801. The van der Waals surface area contributed by atoms with E-state index in [0.29, 0.717) is 22.3 Å². The fourth-order valence-corrected chi connectivity index (χ4v) is 2.37. The third kappa shape index (κ3) is 2.97. The standard InChI is InChI=1S/C14H12N4O2S/c1-9(16-13(19)11-6-4-8-21-11)14-17-12(18-20-14)10-5-2-3-7-15-10/h2-9H,1H3,(H,16,19). The molecule has 0 aliphatic carbocycles. The number of hydrogen-bond donors (Lipinski definition) is 1. The molecule has 0 spiro atoms. The van der Waals surface area contributed by atoms with E-state index in [1.807, 2.05) is 23.6 Å². The Hall–Kier alpha value is -2.54. The second kappa shape index (κ2) is 5.84. The van der Waals surface area contributed by atoms with Crippen molar-refractivity contribution < 1.29 is 9.32 Å². The fourth-order valence-electron chi connectivity index (χ4n) is 1.75. The molecule has 0 fully saturated rings. The molecule has 0 bridgehead atoms. The zero-order valence-electron chi connectivity index (χ0n) is 11.2. The van der Waals surface area contributed by atoms with Crippen molar-refractivity contribution in [2.45, 2.75) is 13.0 Å². The number of aromatic nitrogens is 3. The van der Waals surface area contributed by atoms with Crippen LogP contribution in [0.15, 0.2) is 46.4 Å². The van der Waals surface area contributed by atoms with Gasteiger partial charge in [0.15, 0.2) is 0 Å². The van der Waals surface area contributed by atoms with Crippen LogP contribution in [0.5, 0.6) is 0 Å². The molecule has 106 valence electrons. The highest BCUT2D eigenvalue weighted by Crippen LogP contribution is 2.17.